The maximum Gasteiger partial charge on any atom is 0.160 e. The third-order valence-electron chi connectivity index (χ3n) is 2.52. The van der Waals surface area contributed by atoms with Crippen LogP contribution in [0.15, 0.2) is 36.4 Å². The Morgan fingerprint density at radius 2 is 1.64 bits per heavy atom. The first-order valence-electron chi connectivity index (χ1n) is 4.69. The highest BCUT2D eigenvalue weighted by molar-refractivity contribution is 6.07. The Kier molecular flexibility index (Phi) is 2.08. The zero-order chi connectivity index (χ0) is 10.1. The number of hydrogen-bond donors (Lipinski definition) is 0. The topological polar surface area (TPSA) is 17.1 Å². The first kappa shape index (κ1) is 8.95. The minimum absolute atomic E-state index is 0.126. The predicted octanol–water partition coefficient (Wildman–Crippen LogP) is 3.35. The number of carbonyl (C=O) groups excluding carboxylic acids is 1. The van der Waals surface area contributed by atoms with Gasteiger partial charge in [-0.15, -0.1) is 0 Å². The predicted molar refractivity (Wildman–Crippen MR) is 58.7 cm³/mol. The van der Waals surface area contributed by atoms with Gasteiger partial charge in [-0.2, -0.15) is 0 Å². The van der Waals surface area contributed by atoms with Crippen LogP contribution in [0.25, 0.3) is 10.8 Å². The third kappa shape index (κ3) is 1.31. The van der Waals surface area contributed by atoms with E-state index in [0.29, 0.717) is 0 Å². The van der Waals surface area contributed by atoms with Crippen molar-refractivity contribution >= 4 is 16.6 Å². The maximum absolute atomic E-state index is 11.4. The van der Waals surface area contributed by atoms with Gasteiger partial charge < -0.3 is 0 Å². The molecule has 0 saturated carbocycles. The average molecular weight is 184 g/mol. The summed E-state index contributed by atoms with van der Waals surface area (Å²) in [6.07, 6.45) is 0. The number of aryl methyl sites for hydroxylation is 1. The Hall–Kier alpha value is -1.63. The molecule has 0 unspecified atom stereocenters. The van der Waals surface area contributed by atoms with Crippen molar-refractivity contribution in [1.29, 1.82) is 0 Å². The molecule has 0 spiro atoms. The van der Waals surface area contributed by atoms with E-state index in [1.54, 1.807) is 6.92 Å². The monoisotopic (exact) mass is 184 g/mol. The van der Waals surface area contributed by atoms with Gasteiger partial charge in [-0.3, -0.25) is 4.79 Å². The number of rotatable bonds is 1. The van der Waals surface area contributed by atoms with Crippen molar-refractivity contribution in [3.05, 3.63) is 47.5 Å². The van der Waals surface area contributed by atoms with Gasteiger partial charge in [-0.05, 0) is 30.2 Å². The summed E-state index contributed by atoms with van der Waals surface area (Å²) in [7, 11) is 0. The molecular formula is C13H12O. The standard InChI is InChI=1S/C13H12O/c1-9-5-3-8-13-11(9)6-4-7-12(13)10(2)14/h3-8H,1-2H3. The lowest BCUT2D eigenvalue weighted by Crippen LogP contribution is -1.93. The number of fused-ring (bicyclic) bond motifs is 1. The van der Waals surface area contributed by atoms with Crippen LogP contribution in [0.2, 0.25) is 0 Å². The normalized spacial score (nSPS) is 10.4. The summed E-state index contributed by atoms with van der Waals surface area (Å²) in [5.74, 6) is 0.126. The zero-order valence-electron chi connectivity index (χ0n) is 8.37. The summed E-state index contributed by atoms with van der Waals surface area (Å²) in [4.78, 5) is 11.4. The lowest BCUT2D eigenvalue weighted by atomic mass is 9.99. The molecule has 70 valence electrons. The van der Waals surface area contributed by atoms with Gasteiger partial charge in [-0.25, -0.2) is 0 Å². The van der Waals surface area contributed by atoms with E-state index in [0.717, 1.165) is 10.9 Å². The van der Waals surface area contributed by atoms with Gasteiger partial charge in [0.25, 0.3) is 0 Å². The molecule has 0 amide bonds. The molecule has 0 aliphatic heterocycles. The number of Topliss-reactive ketones (excluding diaryl/α,β-unsaturated/α-hetero) is 1. The number of ketones is 1. The largest absolute Gasteiger partial charge is 0.294 e. The van der Waals surface area contributed by atoms with Gasteiger partial charge in [0.2, 0.25) is 0 Å². The van der Waals surface area contributed by atoms with E-state index < -0.39 is 0 Å². The van der Waals surface area contributed by atoms with Crippen molar-refractivity contribution in [1.82, 2.24) is 0 Å². The van der Waals surface area contributed by atoms with Crippen molar-refractivity contribution in [2.45, 2.75) is 13.8 Å². The van der Waals surface area contributed by atoms with Gasteiger partial charge in [0.15, 0.2) is 5.78 Å². The van der Waals surface area contributed by atoms with E-state index >= 15 is 0 Å². The molecule has 0 heterocycles. The van der Waals surface area contributed by atoms with Crippen LogP contribution in [0.5, 0.6) is 0 Å². The van der Waals surface area contributed by atoms with Crippen LogP contribution in [-0.4, -0.2) is 5.78 Å². The van der Waals surface area contributed by atoms with Crippen molar-refractivity contribution < 1.29 is 4.79 Å². The molecule has 14 heavy (non-hydrogen) atoms. The molecule has 0 aliphatic carbocycles. The highest BCUT2D eigenvalue weighted by Crippen LogP contribution is 2.22. The summed E-state index contributed by atoms with van der Waals surface area (Å²) in [6.45, 7) is 3.67. The molecule has 0 bridgehead atoms. The first-order chi connectivity index (χ1) is 6.70. The van der Waals surface area contributed by atoms with Gasteiger partial charge in [0, 0.05) is 5.56 Å². The van der Waals surface area contributed by atoms with Crippen LogP contribution >= 0.6 is 0 Å². The Labute approximate surface area is 83.4 Å². The minimum Gasteiger partial charge on any atom is -0.294 e. The Morgan fingerprint density at radius 1 is 1.00 bits per heavy atom. The fraction of sp³-hybridized carbons (Fsp3) is 0.154. The van der Waals surface area contributed by atoms with Gasteiger partial charge in [-0.1, -0.05) is 36.4 Å². The van der Waals surface area contributed by atoms with E-state index in [2.05, 4.69) is 19.1 Å². The lowest BCUT2D eigenvalue weighted by Gasteiger charge is -2.05. The number of hydrogen-bond acceptors (Lipinski definition) is 1. The van der Waals surface area contributed by atoms with E-state index in [-0.39, 0.29) is 5.78 Å². The molecule has 2 aromatic rings. The second-order valence-electron chi connectivity index (χ2n) is 3.53. The van der Waals surface area contributed by atoms with E-state index in [1.807, 2.05) is 24.3 Å². The van der Waals surface area contributed by atoms with Gasteiger partial charge >= 0.3 is 0 Å². The summed E-state index contributed by atoms with van der Waals surface area (Å²) in [6, 6.07) is 11.9. The fourth-order valence-electron chi connectivity index (χ4n) is 1.77. The van der Waals surface area contributed by atoms with Crippen LogP contribution in [0.1, 0.15) is 22.8 Å². The summed E-state index contributed by atoms with van der Waals surface area (Å²) < 4.78 is 0. The van der Waals surface area contributed by atoms with Crippen LogP contribution in [0, 0.1) is 6.92 Å². The highest BCUT2D eigenvalue weighted by Gasteiger charge is 2.05. The average Bonchev–Trinajstić information content (AvgIpc) is 2.17. The molecule has 0 N–H and O–H groups in total. The molecule has 1 nitrogen and oxygen atoms in total. The number of carbonyl (C=O) groups is 1. The van der Waals surface area contributed by atoms with Crippen LogP contribution in [0.3, 0.4) is 0 Å². The highest BCUT2D eigenvalue weighted by atomic mass is 16.1. The quantitative estimate of drug-likeness (QED) is 0.621. The lowest BCUT2D eigenvalue weighted by molar-refractivity contribution is 0.101. The molecule has 2 aromatic carbocycles. The van der Waals surface area contributed by atoms with Crippen molar-refractivity contribution in [2.75, 3.05) is 0 Å². The molecule has 2 rings (SSSR count). The van der Waals surface area contributed by atoms with E-state index in [9.17, 15) is 4.79 Å². The Morgan fingerprint density at radius 3 is 2.36 bits per heavy atom. The molecule has 0 radical (unpaired) electrons. The van der Waals surface area contributed by atoms with Crippen molar-refractivity contribution in [3.63, 3.8) is 0 Å². The molecule has 1 heteroatoms. The first-order valence-corrected chi connectivity index (χ1v) is 4.69. The molecule has 0 aliphatic rings. The van der Waals surface area contributed by atoms with E-state index in [1.165, 1.54) is 10.9 Å². The zero-order valence-corrected chi connectivity index (χ0v) is 8.37. The fourth-order valence-corrected chi connectivity index (χ4v) is 1.77. The third-order valence-corrected chi connectivity index (χ3v) is 2.52. The summed E-state index contributed by atoms with van der Waals surface area (Å²) in [5.41, 5.74) is 2.02. The Bertz CT molecular complexity index is 498. The van der Waals surface area contributed by atoms with Crippen LogP contribution in [0.4, 0.5) is 0 Å². The molecule has 0 aromatic heterocycles. The number of benzene rings is 2. The van der Waals surface area contributed by atoms with Crippen molar-refractivity contribution in [2.24, 2.45) is 0 Å². The smallest absolute Gasteiger partial charge is 0.160 e. The summed E-state index contributed by atoms with van der Waals surface area (Å²) >= 11 is 0. The molecule has 0 fully saturated rings. The Balaban J connectivity index is 2.88. The molecular weight excluding hydrogens is 172 g/mol. The second kappa shape index (κ2) is 3.26. The van der Waals surface area contributed by atoms with Crippen molar-refractivity contribution in [3.8, 4) is 0 Å². The summed E-state index contributed by atoms with van der Waals surface area (Å²) in [5, 5.41) is 2.22. The van der Waals surface area contributed by atoms with E-state index in [4.69, 9.17) is 0 Å². The maximum atomic E-state index is 11.4. The molecule has 0 atom stereocenters. The van der Waals surface area contributed by atoms with Crippen LogP contribution in [-0.2, 0) is 0 Å². The van der Waals surface area contributed by atoms with Gasteiger partial charge in [0.1, 0.15) is 0 Å². The minimum atomic E-state index is 0.126. The second-order valence-corrected chi connectivity index (χ2v) is 3.53. The molecule has 0 saturated heterocycles. The van der Waals surface area contributed by atoms with Gasteiger partial charge in [0.05, 0.1) is 0 Å². The van der Waals surface area contributed by atoms with Crippen LogP contribution < -0.4 is 0 Å². The SMILES string of the molecule is CC(=O)c1cccc2c(C)cccc12.